The van der Waals surface area contributed by atoms with Gasteiger partial charge in [-0.25, -0.2) is 4.68 Å². The second-order valence-corrected chi connectivity index (χ2v) is 6.36. The first kappa shape index (κ1) is 16.2. The standard InChI is InChI=1S/C15H17Cl2N5O/c1-20-6-3-7-21(9-8-20)15(23)13-10-18-19-22(13)14-11(16)4-2-5-12(14)17/h2,4-5,10H,3,6-9H2,1H3. The van der Waals surface area contributed by atoms with E-state index in [9.17, 15) is 4.79 Å². The van der Waals surface area contributed by atoms with Crippen molar-refractivity contribution in [2.45, 2.75) is 6.42 Å². The van der Waals surface area contributed by atoms with E-state index in [4.69, 9.17) is 23.2 Å². The Balaban J connectivity index is 1.93. The third-order valence-electron chi connectivity index (χ3n) is 3.92. The van der Waals surface area contributed by atoms with Crippen molar-refractivity contribution in [1.82, 2.24) is 24.8 Å². The molecule has 1 aromatic heterocycles. The number of nitrogens with zero attached hydrogens (tertiary/aromatic N) is 5. The van der Waals surface area contributed by atoms with Crippen LogP contribution in [0.2, 0.25) is 10.0 Å². The molecule has 0 bridgehead atoms. The van der Waals surface area contributed by atoms with Crippen molar-refractivity contribution < 1.29 is 4.79 Å². The van der Waals surface area contributed by atoms with Crippen molar-refractivity contribution >= 4 is 29.1 Å². The van der Waals surface area contributed by atoms with Crippen molar-refractivity contribution in [2.24, 2.45) is 0 Å². The number of carbonyl (C=O) groups is 1. The van der Waals surface area contributed by atoms with Gasteiger partial charge in [0.15, 0.2) is 5.69 Å². The SMILES string of the molecule is CN1CCCN(C(=O)c2cnnn2-c2c(Cl)cccc2Cl)CC1. The van der Waals surface area contributed by atoms with Gasteiger partial charge in [0, 0.05) is 19.6 Å². The van der Waals surface area contributed by atoms with Gasteiger partial charge in [0.1, 0.15) is 5.69 Å². The van der Waals surface area contributed by atoms with Crippen LogP contribution in [0.25, 0.3) is 5.69 Å². The molecule has 1 aliphatic rings. The molecule has 122 valence electrons. The van der Waals surface area contributed by atoms with Gasteiger partial charge in [0.2, 0.25) is 0 Å². The molecule has 6 nitrogen and oxygen atoms in total. The molecule has 8 heteroatoms. The van der Waals surface area contributed by atoms with Crippen molar-refractivity contribution in [1.29, 1.82) is 0 Å². The minimum absolute atomic E-state index is 0.110. The molecule has 0 N–H and O–H groups in total. The molecule has 23 heavy (non-hydrogen) atoms. The lowest BCUT2D eigenvalue weighted by atomic mass is 10.3. The Hall–Kier alpha value is -1.63. The monoisotopic (exact) mass is 353 g/mol. The summed E-state index contributed by atoms with van der Waals surface area (Å²) in [4.78, 5) is 16.9. The van der Waals surface area contributed by atoms with Crippen LogP contribution in [0, 0.1) is 0 Å². The maximum atomic E-state index is 12.9. The first-order valence-electron chi connectivity index (χ1n) is 7.41. The minimum atomic E-state index is -0.110. The van der Waals surface area contributed by atoms with Gasteiger partial charge >= 0.3 is 0 Å². The molecule has 2 aromatic rings. The fourth-order valence-electron chi connectivity index (χ4n) is 2.65. The lowest BCUT2D eigenvalue weighted by molar-refractivity contribution is 0.0753. The molecule has 0 radical (unpaired) electrons. The number of halogens is 2. The topological polar surface area (TPSA) is 54.3 Å². The second-order valence-electron chi connectivity index (χ2n) is 5.55. The quantitative estimate of drug-likeness (QED) is 0.831. The lowest BCUT2D eigenvalue weighted by Gasteiger charge is -2.20. The number of amides is 1. The molecule has 1 fully saturated rings. The molecule has 0 atom stereocenters. The molecule has 0 saturated carbocycles. The maximum absolute atomic E-state index is 12.9. The van der Waals surface area contributed by atoms with Crippen molar-refractivity contribution in [3.8, 4) is 5.69 Å². The van der Waals surface area contributed by atoms with E-state index in [1.807, 2.05) is 4.90 Å². The highest BCUT2D eigenvalue weighted by Crippen LogP contribution is 2.28. The van der Waals surface area contributed by atoms with Crippen LogP contribution in [-0.2, 0) is 0 Å². The smallest absolute Gasteiger partial charge is 0.274 e. The average molecular weight is 354 g/mol. The summed E-state index contributed by atoms with van der Waals surface area (Å²) in [5, 5.41) is 8.72. The number of benzene rings is 1. The van der Waals surface area contributed by atoms with Crippen LogP contribution in [0.4, 0.5) is 0 Å². The molecule has 2 heterocycles. The Morgan fingerprint density at radius 2 is 1.87 bits per heavy atom. The zero-order valence-corrected chi connectivity index (χ0v) is 14.3. The molecular formula is C15H17Cl2N5O. The number of likely N-dealkylation sites (N-methyl/N-ethyl adjacent to an activating group) is 1. The average Bonchev–Trinajstić information content (AvgIpc) is 2.88. The largest absolute Gasteiger partial charge is 0.336 e. The van der Waals surface area contributed by atoms with Crippen LogP contribution in [0.5, 0.6) is 0 Å². The predicted molar refractivity (Wildman–Crippen MR) is 89.4 cm³/mol. The Bertz CT molecular complexity index is 697. The summed E-state index contributed by atoms with van der Waals surface area (Å²) in [5.41, 5.74) is 0.841. The Morgan fingerprint density at radius 1 is 1.13 bits per heavy atom. The number of hydrogen-bond acceptors (Lipinski definition) is 4. The zero-order valence-electron chi connectivity index (χ0n) is 12.7. The Morgan fingerprint density at radius 3 is 2.61 bits per heavy atom. The highest BCUT2D eigenvalue weighted by molar-refractivity contribution is 6.37. The number of para-hydroxylation sites is 1. The molecular weight excluding hydrogens is 337 g/mol. The number of aromatic nitrogens is 3. The highest BCUT2D eigenvalue weighted by atomic mass is 35.5. The summed E-state index contributed by atoms with van der Waals surface area (Å²) in [7, 11) is 2.06. The third kappa shape index (κ3) is 3.34. The van der Waals surface area contributed by atoms with E-state index in [0.29, 0.717) is 34.5 Å². The summed E-state index contributed by atoms with van der Waals surface area (Å²) in [6.07, 6.45) is 2.40. The van der Waals surface area contributed by atoms with E-state index >= 15 is 0 Å². The van der Waals surface area contributed by atoms with Crippen molar-refractivity contribution in [3.05, 3.63) is 40.1 Å². The normalized spacial score (nSPS) is 16.4. The summed E-state index contributed by atoms with van der Waals surface area (Å²) in [6, 6.07) is 5.16. The van der Waals surface area contributed by atoms with Crippen LogP contribution in [0.3, 0.4) is 0 Å². The molecule has 1 saturated heterocycles. The molecule has 1 aromatic carbocycles. The van der Waals surface area contributed by atoms with Crippen LogP contribution in [0.1, 0.15) is 16.9 Å². The molecule has 0 spiro atoms. The van der Waals surface area contributed by atoms with Gasteiger partial charge < -0.3 is 9.80 Å². The number of hydrogen-bond donors (Lipinski definition) is 0. The predicted octanol–water partition coefficient (Wildman–Crippen LogP) is 2.35. The minimum Gasteiger partial charge on any atom is -0.336 e. The van der Waals surface area contributed by atoms with Gasteiger partial charge in [-0.15, -0.1) is 5.10 Å². The van der Waals surface area contributed by atoms with E-state index in [1.54, 1.807) is 18.2 Å². The highest BCUT2D eigenvalue weighted by Gasteiger charge is 2.24. The van der Waals surface area contributed by atoms with E-state index in [-0.39, 0.29) is 5.91 Å². The van der Waals surface area contributed by atoms with Gasteiger partial charge in [-0.1, -0.05) is 34.5 Å². The number of rotatable bonds is 2. The number of carbonyl (C=O) groups excluding carboxylic acids is 1. The van der Waals surface area contributed by atoms with E-state index < -0.39 is 0 Å². The molecule has 1 aliphatic heterocycles. The fourth-order valence-corrected chi connectivity index (χ4v) is 3.21. The van der Waals surface area contributed by atoms with Crippen LogP contribution >= 0.6 is 23.2 Å². The van der Waals surface area contributed by atoms with Crippen LogP contribution in [0.15, 0.2) is 24.4 Å². The van der Waals surface area contributed by atoms with Gasteiger partial charge in [0.05, 0.1) is 16.2 Å². The molecule has 0 unspecified atom stereocenters. The summed E-state index contributed by atoms with van der Waals surface area (Å²) in [5.74, 6) is -0.110. The van der Waals surface area contributed by atoms with E-state index in [1.165, 1.54) is 10.9 Å². The molecule has 0 aliphatic carbocycles. The molecule has 1 amide bonds. The first-order chi connectivity index (χ1) is 11.1. The van der Waals surface area contributed by atoms with Gasteiger partial charge in [-0.05, 0) is 32.1 Å². The summed E-state index contributed by atoms with van der Waals surface area (Å²) in [6.45, 7) is 3.22. The Labute approximate surface area is 144 Å². The van der Waals surface area contributed by atoms with Crippen molar-refractivity contribution in [2.75, 3.05) is 33.2 Å². The second kappa shape index (κ2) is 6.86. The van der Waals surface area contributed by atoms with Gasteiger partial charge in [-0.2, -0.15) is 0 Å². The van der Waals surface area contributed by atoms with Crippen molar-refractivity contribution in [3.63, 3.8) is 0 Å². The third-order valence-corrected chi connectivity index (χ3v) is 4.53. The maximum Gasteiger partial charge on any atom is 0.274 e. The van der Waals surface area contributed by atoms with E-state index in [0.717, 1.165) is 19.5 Å². The van der Waals surface area contributed by atoms with Crippen LogP contribution < -0.4 is 0 Å². The van der Waals surface area contributed by atoms with Gasteiger partial charge in [-0.3, -0.25) is 4.79 Å². The van der Waals surface area contributed by atoms with Crippen LogP contribution in [-0.4, -0.2) is 63.9 Å². The fraction of sp³-hybridized carbons (Fsp3) is 0.400. The zero-order chi connectivity index (χ0) is 16.4. The Kier molecular flexibility index (Phi) is 4.84. The summed E-state index contributed by atoms with van der Waals surface area (Å²) >= 11 is 12.4. The van der Waals surface area contributed by atoms with Gasteiger partial charge in [0.25, 0.3) is 5.91 Å². The van der Waals surface area contributed by atoms with E-state index in [2.05, 4.69) is 22.3 Å². The summed E-state index contributed by atoms with van der Waals surface area (Å²) < 4.78 is 1.42. The molecule has 3 rings (SSSR count). The first-order valence-corrected chi connectivity index (χ1v) is 8.16. The lowest BCUT2D eigenvalue weighted by Crippen LogP contribution is -2.35.